The van der Waals surface area contributed by atoms with Crippen molar-refractivity contribution in [1.82, 2.24) is 0 Å². The SMILES string of the molecule is N#Cc1cccc(NCC2COc3ccccc32)c1. The summed E-state index contributed by atoms with van der Waals surface area (Å²) >= 11 is 0. The number of benzene rings is 2. The van der Waals surface area contributed by atoms with Gasteiger partial charge in [-0.2, -0.15) is 5.26 Å². The van der Waals surface area contributed by atoms with Gasteiger partial charge in [0.1, 0.15) is 5.75 Å². The van der Waals surface area contributed by atoms with Crippen molar-refractivity contribution in [1.29, 1.82) is 5.26 Å². The standard InChI is InChI=1S/C16H14N2O/c17-9-12-4-3-5-14(8-12)18-10-13-11-19-16-7-2-1-6-15(13)16/h1-8,13,18H,10-11H2. The Hall–Kier alpha value is -2.47. The first-order valence-electron chi connectivity index (χ1n) is 6.32. The second-order valence-corrected chi connectivity index (χ2v) is 4.62. The number of nitrogens with zero attached hydrogens (tertiary/aromatic N) is 1. The maximum atomic E-state index is 8.87. The van der Waals surface area contributed by atoms with Gasteiger partial charge >= 0.3 is 0 Å². The molecule has 0 aromatic heterocycles. The van der Waals surface area contributed by atoms with Crippen LogP contribution in [0.3, 0.4) is 0 Å². The van der Waals surface area contributed by atoms with Crippen LogP contribution in [0.1, 0.15) is 17.0 Å². The molecular formula is C16H14N2O. The second-order valence-electron chi connectivity index (χ2n) is 4.62. The van der Waals surface area contributed by atoms with E-state index >= 15 is 0 Å². The molecule has 0 fully saturated rings. The summed E-state index contributed by atoms with van der Waals surface area (Å²) in [6.45, 7) is 1.52. The van der Waals surface area contributed by atoms with E-state index in [0.29, 0.717) is 18.1 Å². The first kappa shape index (κ1) is 11.6. The van der Waals surface area contributed by atoms with Gasteiger partial charge in [-0.3, -0.25) is 0 Å². The van der Waals surface area contributed by atoms with Gasteiger partial charge in [0, 0.05) is 23.7 Å². The van der Waals surface area contributed by atoms with E-state index in [1.807, 2.05) is 36.4 Å². The molecule has 19 heavy (non-hydrogen) atoms. The number of para-hydroxylation sites is 1. The van der Waals surface area contributed by atoms with Gasteiger partial charge in [0.15, 0.2) is 0 Å². The third-order valence-electron chi connectivity index (χ3n) is 3.34. The molecule has 1 heterocycles. The number of anilines is 1. The van der Waals surface area contributed by atoms with E-state index in [9.17, 15) is 0 Å². The lowest BCUT2D eigenvalue weighted by Gasteiger charge is -2.11. The molecule has 2 aromatic rings. The van der Waals surface area contributed by atoms with Crippen molar-refractivity contribution >= 4 is 5.69 Å². The van der Waals surface area contributed by atoms with Crippen LogP contribution in [0.4, 0.5) is 5.69 Å². The van der Waals surface area contributed by atoms with Gasteiger partial charge < -0.3 is 10.1 Å². The molecule has 1 aliphatic rings. The Balaban J connectivity index is 1.69. The first-order valence-corrected chi connectivity index (χ1v) is 6.32. The summed E-state index contributed by atoms with van der Waals surface area (Å²) in [6.07, 6.45) is 0. The minimum Gasteiger partial charge on any atom is -0.493 e. The largest absolute Gasteiger partial charge is 0.493 e. The molecule has 1 aliphatic heterocycles. The van der Waals surface area contributed by atoms with Crippen LogP contribution < -0.4 is 10.1 Å². The van der Waals surface area contributed by atoms with Crippen molar-refractivity contribution in [2.75, 3.05) is 18.5 Å². The minimum atomic E-state index is 0.363. The van der Waals surface area contributed by atoms with Crippen molar-refractivity contribution in [3.05, 3.63) is 59.7 Å². The molecule has 2 aromatic carbocycles. The van der Waals surface area contributed by atoms with Crippen molar-refractivity contribution in [3.8, 4) is 11.8 Å². The van der Waals surface area contributed by atoms with Crippen LogP contribution in [-0.4, -0.2) is 13.2 Å². The predicted molar refractivity (Wildman–Crippen MR) is 74.3 cm³/mol. The predicted octanol–water partition coefficient (Wildman–Crippen LogP) is 3.15. The molecule has 0 bridgehead atoms. The Kier molecular flexibility index (Phi) is 3.07. The van der Waals surface area contributed by atoms with Gasteiger partial charge in [-0.05, 0) is 24.3 Å². The molecule has 0 saturated carbocycles. The van der Waals surface area contributed by atoms with Gasteiger partial charge in [0.2, 0.25) is 0 Å². The zero-order valence-corrected chi connectivity index (χ0v) is 10.5. The molecule has 3 heteroatoms. The normalized spacial score (nSPS) is 16.3. The summed E-state index contributed by atoms with van der Waals surface area (Å²) < 4.78 is 5.65. The third kappa shape index (κ3) is 2.38. The molecule has 1 N–H and O–H groups in total. The number of nitriles is 1. The van der Waals surface area contributed by atoms with Crippen LogP contribution in [-0.2, 0) is 0 Å². The molecular weight excluding hydrogens is 236 g/mol. The molecule has 1 unspecified atom stereocenters. The number of fused-ring (bicyclic) bond motifs is 1. The zero-order valence-electron chi connectivity index (χ0n) is 10.5. The maximum Gasteiger partial charge on any atom is 0.122 e. The first-order chi connectivity index (χ1) is 9.36. The van der Waals surface area contributed by atoms with Crippen molar-refractivity contribution in [3.63, 3.8) is 0 Å². The summed E-state index contributed by atoms with van der Waals surface area (Å²) in [4.78, 5) is 0. The topological polar surface area (TPSA) is 45.0 Å². The van der Waals surface area contributed by atoms with Crippen LogP contribution in [0.25, 0.3) is 0 Å². The van der Waals surface area contributed by atoms with E-state index in [4.69, 9.17) is 10.00 Å². The van der Waals surface area contributed by atoms with E-state index in [1.54, 1.807) is 6.07 Å². The molecule has 3 rings (SSSR count). The lowest BCUT2D eigenvalue weighted by molar-refractivity contribution is 0.334. The number of hydrogen-bond acceptors (Lipinski definition) is 3. The molecule has 0 aliphatic carbocycles. The number of nitrogens with one attached hydrogen (secondary N) is 1. The quantitative estimate of drug-likeness (QED) is 0.910. The molecule has 0 radical (unpaired) electrons. The van der Waals surface area contributed by atoms with E-state index < -0.39 is 0 Å². The Bertz CT molecular complexity index is 631. The number of hydrogen-bond donors (Lipinski definition) is 1. The van der Waals surface area contributed by atoms with E-state index in [0.717, 1.165) is 18.0 Å². The highest BCUT2D eigenvalue weighted by atomic mass is 16.5. The highest BCUT2D eigenvalue weighted by molar-refractivity contribution is 5.50. The van der Waals surface area contributed by atoms with Crippen LogP contribution in [0, 0.1) is 11.3 Å². The number of ether oxygens (including phenoxy) is 1. The lowest BCUT2D eigenvalue weighted by atomic mass is 10.0. The van der Waals surface area contributed by atoms with Crippen LogP contribution in [0.5, 0.6) is 5.75 Å². The van der Waals surface area contributed by atoms with Crippen molar-refractivity contribution < 1.29 is 4.74 Å². The fourth-order valence-corrected chi connectivity index (χ4v) is 2.34. The Labute approximate surface area is 112 Å². The maximum absolute atomic E-state index is 8.87. The molecule has 3 nitrogen and oxygen atoms in total. The average Bonchev–Trinajstić information content (AvgIpc) is 2.89. The van der Waals surface area contributed by atoms with Crippen LogP contribution in [0.2, 0.25) is 0 Å². The summed E-state index contributed by atoms with van der Waals surface area (Å²) in [5, 5.41) is 12.2. The van der Waals surface area contributed by atoms with E-state index in [-0.39, 0.29) is 0 Å². The summed E-state index contributed by atoms with van der Waals surface area (Å²) in [5.41, 5.74) is 2.91. The van der Waals surface area contributed by atoms with Gasteiger partial charge in [0.05, 0.1) is 18.2 Å². The van der Waals surface area contributed by atoms with Gasteiger partial charge in [-0.15, -0.1) is 0 Å². The molecule has 0 spiro atoms. The van der Waals surface area contributed by atoms with E-state index in [1.165, 1.54) is 5.56 Å². The average molecular weight is 250 g/mol. The number of rotatable bonds is 3. The zero-order chi connectivity index (χ0) is 13.1. The fourth-order valence-electron chi connectivity index (χ4n) is 2.34. The molecule has 0 amide bonds. The monoisotopic (exact) mass is 250 g/mol. The van der Waals surface area contributed by atoms with Gasteiger partial charge in [0.25, 0.3) is 0 Å². The van der Waals surface area contributed by atoms with Crippen molar-refractivity contribution in [2.45, 2.75) is 5.92 Å². The Morgan fingerprint density at radius 1 is 1.21 bits per heavy atom. The summed E-state index contributed by atoms with van der Waals surface area (Å²) in [6, 6.07) is 17.8. The van der Waals surface area contributed by atoms with Gasteiger partial charge in [-0.25, -0.2) is 0 Å². The lowest BCUT2D eigenvalue weighted by Crippen LogP contribution is -2.13. The smallest absolute Gasteiger partial charge is 0.122 e. The van der Waals surface area contributed by atoms with Gasteiger partial charge in [-0.1, -0.05) is 24.3 Å². The highest BCUT2D eigenvalue weighted by Crippen LogP contribution is 2.33. The van der Waals surface area contributed by atoms with Crippen molar-refractivity contribution in [2.24, 2.45) is 0 Å². The molecule has 94 valence electrons. The summed E-state index contributed by atoms with van der Waals surface area (Å²) in [5.74, 6) is 1.35. The molecule has 0 saturated heterocycles. The highest BCUT2D eigenvalue weighted by Gasteiger charge is 2.23. The summed E-state index contributed by atoms with van der Waals surface area (Å²) in [7, 11) is 0. The third-order valence-corrected chi connectivity index (χ3v) is 3.34. The van der Waals surface area contributed by atoms with E-state index in [2.05, 4.69) is 17.5 Å². The fraction of sp³-hybridized carbons (Fsp3) is 0.188. The second kappa shape index (κ2) is 5.03. The van der Waals surface area contributed by atoms with Crippen LogP contribution in [0.15, 0.2) is 48.5 Å². The Morgan fingerprint density at radius 3 is 3.00 bits per heavy atom. The molecule has 1 atom stereocenters. The Morgan fingerprint density at radius 2 is 2.11 bits per heavy atom. The minimum absolute atomic E-state index is 0.363. The van der Waals surface area contributed by atoms with Crippen LogP contribution >= 0.6 is 0 Å².